The summed E-state index contributed by atoms with van der Waals surface area (Å²) < 4.78 is 5.26. The van der Waals surface area contributed by atoms with Gasteiger partial charge in [0.1, 0.15) is 6.61 Å². The Balaban J connectivity index is 2.42. The third-order valence-corrected chi connectivity index (χ3v) is 3.18. The second kappa shape index (κ2) is 5.35. The van der Waals surface area contributed by atoms with Crippen molar-refractivity contribution < 1.29 is 9.53 Å². The van der Waals surface area contributed by atoms with Gasteiger partial charge in [-0.1, -0.05) is 19.3 Å². The molecule has 1 amide bonds. The molecule has 0 radical (unpaired) electrons. The first-order valence-electron chi connectivity index (χ1n) is 5.63. The van der Waals surface area contributed by atoms with Crippen molar-refractivity contribution in [3.8, 4) is 0 Å². The molecule has 88 valence electrons. The van der Waals surface area contributed by atoms with E-state index < -0.39 is 0 Å². The zero-order valence-corrected chi connectivity index (χ0v) is 10.0. The lowest BCUT2D eigenvalue weighted by Crippen LogP contribution is -2.49. The molecule has 15 heavy (non-hydrogen) atoms. The van der Waals surface area contributed by atoms with E-state index in [1.807, 2.05) is 7.05 Å². The maximum atomic E-state index is 11.3. The van der Waals surface area contributed by atoms with Gasteiger partial charge in [-0.15, -0.1) is 0 Å². The highest BCUT2D eigenvalue weighted by Crippen LogP contribution is 2.28. The zero-order valence-electron chi connectivity index (χ0n) is 10.0. The summed E-state index contributed by atoms with van der Waals surface area (Å²) in [5, 5.41) is 3.32. The number of hydrogen-bond donors (Lipinski definition) is 1. The van der Waals surface area contributed by atoms with Crippen molar-refractivity contribution in [1.29, 1.82) is 0 Å². The lowest BCUT2D eigenvalue weighted by molar-refractivity contribution is 0.0696. The van der Waals surface area contributed by atoms with Gasteiger partial charge < -0.3 is 15.0 Å². The molecule has 0 saturated heterocycles. The summed E-state index contributed by atoms with van der Waals surface area (Å²) >= 11 is 0. The fraction of sp³-hybridized carbons (Fsp3) is 0.909. The SMILES string of the molecule is CNC1(COC(=O)N(C)C)CCCCC1. The highest BCUT2D eigenvalue weighted by atomic mass is 16.6. The average molecular weight is 214 g/mol. The van der Waals surface area contributed by atoms with Gasteiger partial charge in [0, 0.05) is 14.1 Å². The molecule has 1 aliphatic rings. The number of hydrogen-bond acceptors (Lipinski definition) is 3. The van der Waals surface area contributed by atoms with E-state index in [1.54, 1.807) is 14.1 Å². The number of carbonyl (C=O) groups excluding carboxylic acids is 1. The van der Waals surface area contributed by atoms with Gasteiger partial charge >= 0.3 is 6.09 Å². The summed E-state index contributed by atoms with van der Waals surface area (Å²) in [6.07, 6.45) is 5.69. The van der Waals surface area contributed by atoms with E-state index in [2.05, 4.69) is 5.32 Å². The van der Waals surface area contributed by atoms with Crippen LogP contribution in [-0.2, 0) is 4.74 Å². The van der Waals surface area contributed by atoms with Crippen LogP contribution in [0.3, 0.4) is 0 Å². The molecule has 1 N–H and O–H groups in total. The highest BCUT2D eigenvalue weighted by Gasteiger charge is 2.31. The van der Waals surface area contributed by atoms with Gasteiger partial charge in [-0.25, -0.2) is 4.79 Å². The minimum Gasteiger partial charge on any atom is -0.447 e. The van der Waals surface area contributed by atoms with Crippen LogP contribution in [0.5, 0.6) is 0 Å². The van der Waals surface area contributed by atoms with Crippen molar-refractivity contribution >= 4 is 6.09 Å². The summed E-state index contributed by atoms with van der Waals surface area (Å²) in [6, 6.07) is 0. The Morgan fingerprint density at radius 3 is 2.40 bits per heavy atom. The molecule has 1 rings (SSSR count). The molecule has 0 bridgehead atoms. The number of nitrogens with zero attached hydrogens (tertiary/aromatic N) is 1. The molecule has 0 aromatic carbocycles. The van der Waals surface area contributed by atoms with Gasteiger partial charge in [0.2, 0.25) is 0 Å². The molecule has 0 spiro atoms. The number of ether oxygens (including phenoxy) is 1. The Morgan fingerprint density at radius 1 is 1.33 bits per heavy atom. The number of likely N-dealkylation sites (N-methyl/N-ethyl adjacent to an activating group) is 1. The van der Waals surface area contributed by atoms with E-state index in [9.17, 15) is 4.79 Å². The van der Waals surface area contributed by atoms with Crippen LogP contribution in [0, 0.1) is 0 Å². The number of carbonyl (C=O) groups is 1. The second-order valence-electron chi connectivity index (χ2n) is 4.54. The van der Waals surface area contributed by atoms with E-state index in [4.69, 9.17) is 4.74 Å². The fourth-order valence-electron chi connectivity index (χ4n) is 2.02. The molecular formula is C11H22N2O2. The van der Waals surface area contributed by atoms with Crippen molar-refractivity contribution in [1.82, 2.24) is 10.2 Å². The lowest BCUT2D eigenvalue weighted by Gasteiger charge is -2.36. The Morgan fingerprint density at radius 2 is 1.93 bits per heavy atom. The van der Waals surface area contributed by atoms with Crippen LogP contribution in [0.1, 0.15) is 32.1 Å². The normalized spacial score (nSPS) is 19.7. The quantitative estimate of drug-likeness (QED) is 0.776. The maximum Gasteiger partial charge on any atom is 0.409 e. The molecule has 0 aromatic heterocycles. The van der Waals surface area contributed by atoms with E-state index >= 15 is 0 Å². The maximum absolute atomic E-state index is 11.3. The summed E-state index contributed by atoms with van der Waals surface area (Å²) in [5.74, 6) is 0. The molecule has 4 nitrogen and oxygen atoms in total. The minimum atomic E-state index is -0.254. The van der Waals surface area contributed by atoms with Crippen molar-refractivity contribution in [3.63, 3.8) is 0 Å². The summed E-state index contributed by atoms with van der Waals surface area (Å²) in [6.45, 7) is 0.487. The third kappa shape index (κ3) is 3.38. The predicted octanol–water partition coefficient (Wildman–Crippen LogP) is 1.61. The molecule has 1 fully saturated rings. The molecule has 0 heterocycles. The second-order valence-corrected chi connectivity index (χ2v) is 4.54. The number of nitrogens with one attached hydrogen (secondary N) is 1. The number of amides is 1. The first-order chi connectivity index (χ1) is 7.09. The first-order valence-corrected chi connectivity index (χ1v) is 5.63. The van der Waals surface area contributed by atoms with Gasteiger partial charge in [-0.2, -0.15) is 0 Å². The fourth-order valence-corrected chi connectivity index (χ4v) is 2.02. The van der Waals surface area contributed by atoms with Gasteiger partial charge in [-0.3, -0.25) is 0 Å². The van der Waals surface area contributed by atoms with Crippen LogP contribution in [0.15, 0.2) is 0 Å². The summed E-state index contributed by atoms with van der Waals surface area (Å²) in [4.78, 5) is 12.8. The van der Waals surface area contributed by atoms with Gasteiger partial charge in [0.05, 0.1) is 5.54 Å². The Kier molecular flexibility index (Phi) is 4.39. The van der Waals surface area contributed by atoms with Crippen LogP contribution in [0.25, 0.3) is 0 Å². The van der Waals surface area contributed by atoms with Gasteiger partial charge in [0.25, 0.3) is 0 Å². The van der Waals surface area contributed by atoms with Crippen molar-refractivity contribution in [2.75, 3.05) is 27.7 Å². The largest absolute Gasteiger partial charge is 0.447 e. The van der Waals surface area contributed by atoms with Crippen molar-refractivity contribution in [2.45, 2.75) is 37.6 Å². The number of rotatable bonds is 3. The Bertz CT molecular complexity index is 211. The standard InChI is InChI=1S/C11H22N2O2/c1-12-11(7-5-4-6-8-11)9-15-10(14)13(2)3/h12H,4-9H2,1-3H3. The molecule has 4 heteroatoms. The van der Waals surface area contributed by atoms with Crippen molar-refractivity contribution in [2.24, 2.45) is 0 Å². The zero-order chi connectivity index (χ0) is 11.3. The molecule has 0 atom stereocenters. The smallest absolute Gasteiger partial charge is 0.409 e. The highest BCUT2D eigenvalue weighted by molar-refractivity contribution is 5.66. The molecule has 1 aliphatic carbocycles. The van der Waals surface area contributed by atoms with E-state index in [1.165, 1.54) is 24.2 Å². The topological polar surface area (TPSA) is 41.6 Å². The van der Waals surface area contributed by atoms with E-state index in [-0.39, 0.29) is 11.6 Å². The van der Waals surface area contributed by atoms with Crippen LogP contribution in [0.4, 0.5) is 4.79 Å². The summed E-state index contributed by atoms with van der Waals surface area (Å²) in [7, 11) is 5.36. The van der Waals surface area contributed by atoms with Gasteiger partial charge in [0.15, 0.2) is 0 Å². The van der Waals surface area contributed by atoms with Crippen LogP contribution < -0.4 is 5.32 Å². The molecule has 0 unspecified atom stereocenters. The Hall–Kier alpha value is -0.770. The monoisotopic (exact) mass is 214 g/mol. The molecule has 0 aliphatic heterocycles. The minimum absolute atomic E-state index is 0.0178. The lowest BCUT2D eigenvalue weighted by atomic mass is 9.82. The van der Waals surface area contributed by atoms with Crippen LogP contribution >= 0.6 is 0 Å². The molecule has 1 saturated carbocycles. The molecular weight excluding hydrogens is 192 g/mol. The Labute approximate surface area is 92.0 Å². The third-order valence-electron chi connectivity index (χ3n) is 3.18. The van der Waals surface area contributed by atoms with Gasteiger partial charge in [-0.05, 0) is 19.9 Å². The summed E-state index contributed by atoms with van der Waals surface area (Å²) in [5.41, 5.74) is 0.0178. The first kappa shape index (κ1) is 12.3. The predicted molar refractivity (Wildman–Crippen MR) is 59.9 cm³/mol. The van der Waals surface area contributed by atoms with E-state index in [0.29, 0.717) is 6.61 Å². The van der Waals surface area contributed by atoms with E-state index in [0.717, 1.165) is 12.8 Å². The van der Waals surface area contributed by atoms with Crippen LogP contribution in [-0.4, -0.2) is 44.3 Å². The average Bonchev–Trinajstić information content (AvgIpc) is 2.27. The van der Waals surface area contributed by atoms with Crippen LogP contribution in [0.2, 0.25) is 0 Å². The van der Waals surface area contributed by atoms with Crippen molar-refractivity contribution in [3.05, 3.63) is 0 Å². The molecule has 0 aromatic rings.